The lowest BCUT2D eigenvalue weighted by molar-refractivity contribution is -0.134. The van der Waals surface area contributed by atoms with Gasteiger partial charge in [0.1, 0.15) is 11.6 Å². The SMILES string of the molecule is O=C(CCC(=O)N1CCc2sccc2C1)NCc1ccc(Oc2cccc(F)c2)nc1. The second-order valence-electron chi connectivity index (χ2n) is 7.28. The van der Waals surface area contributed by atoms with Gasteiger partial charge in [0.15, 0.2) is 0 Å². The lowest BCUT2D eigenvalue weighted by Crippen LogP contribution is -2.36. The molecule has 160 valence electrons. The summed E-state index contributed by atoms with van der Waals surface area (Å²) in [7, 11) is 0. The number of carbonyl (C=O) groups is 2. The van der Waals surface area contributed by atoms with E-state index in [0.29, 0.717) is 31.3 Å². The molecule has 2 amide bonds. The minimum absolute atomic E-state index is 0.00696. The quantitative estimate of drug-likeness (QED) is 0.603. The molecule has 0 spiro atoms. The molecule has 1 N–H and O–H groups in total. The average Bonchev–Trinajstić information content (AvgIpc) is 3.25. The number of rotatable bonds is 7. The Bertz CT molecular complexity index is 1070. The second kappa shape index (κ2) is 9.70. The normalized spacial score (nSPS) is 12.9. The average molecular weight is 440 g/mol. The van der Waals surface area contributed by atoms with Crippen LogP contribution in [0.3, 0.4) is 0 Å². The van der Waals surface area contributed by atoms with Crippen LogP contribution in [0, 0.1) is 5.82 Å². The number of carbonyl (C=O) groups excluding carboxylic acids is 2. The van der Waals surface area contributed by atoms with Gasteiger partial charge in [0.25, 0.3) is 0 Å². The van der Waals surface area contributed by atoms with Crippen LogP contribution in [0.1, 0.15) is 28.8 Å². The lowest BCUT2D eigenvalue weighted by atomic mass is 10.1. The number of nitrogens with zero attached hydrogens (tertiary/aromatic N) is 2. The van der Waals surface area contributed by atoms with Crippen molar-refractivity contribution in [2.24, 2.45) is 0 Å². The maximum atomic E-state index is 13.2. The fourth-order valence-corrected chi connectivity index (χ4v) is 4.25. The van der Waals surface area contributed by atoms with Crippen molar-refractivity contribution in [2.75, 3.05) is 6.54 Å². The van der Waals surface area contributed by atoms with Gasteiger partial charge in [-0.15, -0.1) is 11.3 Å². The first-order chi connectivity index (χ1) is 15.1. The van der Waals surface area contributed by atoms with Gasteiger partial charge < -0.3 is 15.0 Å². The van der Waals surface area contributed by atoms with E-state index in [2.05, 4.69) is 21.7 Å². The highest BCUT2D eigenvalue weighted by molar-refractivity contribution is 7.10. The molecule has 1 aliphatic rings. The molecule has 0 saturated heterocycles. The van der Waals surface area contributed by atoms with Crippen LogP contribution in [0.4, 0.5) is 4.39 Å². The summed E-state index contributed by atoms with van der Waals surface area (Å²) in [4.78, 5) is 31.9. The van der Waals surface area contributed by atoms with E-state index in [4.69, 9.17) is 4.74 Å². The number of pyridine rings is 1. The molecule has 4 rings (SSSR count). The predicted molar refractivity (Wildman–Crippen MR) is 115 cm³/mol. The van der Waals surface area contributed by atoms with Crippen LogP contribution in [0.5, 0.6) is 11.6 Å². The number of thiophene rings is 1. The van der Waals surface area contributed by atoms with Crippen molar-refractivity contribution in [1.29, 1.82) is 0 Å². The van der Waals surface area contributed by atoms with Crippen LogP contribution >= 0.6 is 11.3 Å². The largest absolute Gasteiger partial charge is 0.439 e. The van der Waals surface area contributed by atoms with Gasteiger partial charge in [0, 0.05) is 55.7 Å². The minimum atomic E-state index is -0.383. The summed E-state index contributed by atoms with van der Waals surface area (Å²) in [6.07, 6.45) is 2.83. The Balaban J connectivity index is 1.19. The van der Waals surface area contributed by atoms with Crippen molar-refractivity contribution in [1.82, 2.24) is 15.2 Å². The van der Waals surface area contributed by atoms with Crippen molar-refractivity contribution < 1.29 is 18.7 Å². The first-order valence-electron chi connectivity index (χ1n) is 10.0. The van der Waals surface area contributed by atoms with Gasteiger partial charge in [0.05, 0.1) is 0 Å². The number of nitrogens with one attached hydrogen (secondary N) is 1. The van der Waals surface area contributed by atoms with E-state index in [0.717, 1.165) is 12.0 Å². The van der Waals surface area contributed by atoms with Gasteiger partial charge in [-0.1, -0.05) is 12.1 Å². The highest BCUT2D eigenvalue weighted by Crippen LogP contribution is 2.24. The Kier molecular flexibility index (Phi) is 6.57. The smallest absolute Gasteiger partial charge is 0.223 e. The van der Waals surface area contributed by atoms with Crippen molar-refractivity contribution >= 4 is 23.2 Å². The fraction of sp³-hybridized carbons (Fsp3) is 0.261. The molecule has 1 aromatic carbocycles. The molecule has 0 aliphatic carbocycles. The summed E-state index contributed by atoms with van der Waals surface area (Å²) in [5.74, 6) is 0.143. The van der Waals surface area contributed by atoms with E-state index in [1.54, 1.807) is 41.8 Å². The van der Waals surface area contributed by atoms with Gasteiger partial charge in [0.2, 0.25) is 17.7 Å². The highest BCUT2D eigenvalue weighted by Gasteiger charge is 2.21. The van der Waals surface area contributed by atoms with Gasteiger partial charge in [-0.2, -0.15) is 0 Å². The summed E-state index contributed by atoms with van der Waals surface area (Å²) in [5.41, 5.74) is 2.01. The van der Waals surface area contributed by atoms with Gasteiger partial charge >= 0.3 is 0 Å². The maximum Gasteiger partial charge on any atom is 0.223 e. The standard InChI is InChI=1S/C23H22FN3O3S/c24-18-2-1-3-19(12-18)30-22-6-4-16(14-26-22)13-25-21(28)5-7-23(29)27-10-8-20-17(15-27)9-11-31-20/h1-4,6,9,11-12,14H,5,7-8,10,13,15H2,(H,25,28). The molecule has 0 radical (unpaired) electrons. The zero-order valence-corrected chi connectivity index (χ0v) is 17.7. The van der Waals surface area contributed by atoms with Gasteiger partial charge in [-0.25, -0.2) is 9.37 Å². The molecular formula is C23H22FN3O3S. The lowest BCUT2D eigenvalue weighted by Gasteiger charge is -2.27. The Hall–Kier alpha value is -3.26. The predicted octanol–water partition coefficient (Wildman–Crippen LogP) is 4.06. The number of ether oxygens (including phenoxy) is 1. The van der Waals surface area contributed by atoms with Crippen LogP contribution in [-0.2, 0) is 29.1 Å². The van der Waals surface area contributed by atoms with Crippen molar-refractivity contribution in [2.45, 2.75) is 32.4 Å². The molecule has 0 atom stereocenters. The molecule has 0 fully saturated rings. The maximum absolute atomic E-state index is 13.2. The van der Waals surface area contributed by atoms with Crippen LogP contribution < -0.4 is 10.1 Å². The van der Waals surface area contributed by atoms with Gasteiger partial charge in [-0.3, -0.25) is 9.59 Å². The third-order valence-electron chi connectivity index (χ3n) is 5.03. The van der Waals surface area contributed by atoms with Crippen molar-refractivity contribution in [3.05, 3.63) is 75.9 Å². The molecule has 0 saturated carbocycles. The fourth-order valence-electron chi connectivity index (χ4n) is 3.36. The van der Waals surface area contributed by atoms with Gasteiger partial charge in [-0.05, 0) is 41.1 Å². The summed E-state index contributed by atoms with van der Waals surface area (Å²) >= 11 is 1.73. The number of aromatic nitrogens is 1. The van der Waals surface area contributed by atoms with Crippen LogP contribution in [0.15, 0.2) is 54.0 Å². The number of benzene rings is 1. The summed E-state index contributed by atoms with van der Waals surface area (Å²) in [5, 5.41) is 4.86. The molecule has 3 aromatic rings. The van der Waals surface area contributed by atoms with Crippen LogP contribution in [0.2, 0.25) is 0 Å². The number of fused-ring (bicyclic) bond motifs is 1. The first-order valence-corrected chi connectivity index (χ1v) is 10.9. The highest BCUT2D eigenvalue weighted by atomic mass is 32.1. The molecule has 6 nitrogen and oxygen atoms in total. The molecule has 1 aliphatic heterocycles. The van der Waals surface area contributed by atoms with E-state index >= 15 is 0 Å². The van der Waals surface area contributed by atoms with E-state index in [-0.39, 0.29) is 30.5 Å². The number of hydrogen-bond acceptors (Lipinski definition) is 5. The molecule has 2 aromatic heterocycles. The topological polar surface area (TPSA) is 71.5 Å². The second-order valence-corrected chi connectivity index (χ2v) is 8.28. The first kappa shape index (κ1) is 21.0. The summed E-state index contributed by atoms with van der Waals surface area (Å²) in [6.45, 7) is 1.65. The van der Waals surface area contributed by atoms with Crippen LogP contribution in [0.25, 0.3) is 0 Å². The Morgan fingerprint density at radius 3 is 2.90 bits per heavy atom. The third kappa shape index (κ3) is 5.67. The Morgan fingerprint density at radius 1 is 1.19 bits per heavy atom. The molecular weight excluding hydrogens is 417 g/mol. The Morgan fingerprint density at radius 2 is 2.10 bits per heavy atom. The Labute approximate surface area is 183 Å². The third-order valence-corrected chi connectivity index (χ3v) is 6.06. The minimum Gasteiger partial charge on any atom is -0.439 e. The van der Waals surface area contributed by atoms with E-state index in [9.17, 15) is 14.0 Å². The van der Waals surface area contributed by atoms with E-state index in [1.165, 1.54) is 22.6 Å². The molecule has 0 bridgehead atoms. The monoisotopic (exact) mass is 439 g/mol. The molecule has 31 heavy (non-hydrogen) atoms. The number of hydrogen-bond donors (Lipinski definition) is 1. The number of amides is 2. The zero-order valence-electron chi connectivity index (χ0n) is 16.8. The van der Waals surface area contributed by atoms with E-state index < -0.39 is 0 Å². The van der Waals surface area contributed by atoms with Crippen LogP contribution in [-0.4, -0.2) is 28.2 Å². The summed E-state index contributed by atoms with van der Waals surface area (Å²) in [6, 6.07) is 11.3. The molecule has 0 unspecified atom stereocenters. The number of halogens is 1. The molecule has 3 heterocycles. The zero-order chi connectivity index (χ0) is 21.6. The van der Waals surface area contributed by atoms with Crippen molar-refractivity contribution in [3.8, 4) is 11.6 Å². The van der Waals surface area contributed by atoms with Crippen molar-refractivity contribution in [3.63, 3.8) is 0 Å². The molecule has 8 heteroatoms. The van der Waals surface area contributed by atoms with E-state index in [1.807, 2.05) is 4.90 Å². The summed E-state index contributed by atoms with van der Waals surface area (Å²) < 4.78 is 18.7.